The van der Waals surface area contributed by atoms with Gasteiger partial charge < -0.3 is 63.2 Å². The highest BCUT2D eigenvalue weighted by atomic mass is 35.5. The molecule has 2 amide bonds. The third kappa shape index (κ3) is 43.7. The normalized spacial score (nSPS) is 20.0. The molecule has 23 nitrogen and oxygen atoms in total. The minimum atomic E-state index is -1.00. The molecule has 0 aromatic carbocycles. The number of unbranched alkanes of at least 4 members (excludes halogenated alkanes) is 2. The quantitative estimate of drug-likeness (QED) is 0.0189. The van der Waals surface area contributed by atoms with Crippen molar-refractivity contribution in [3.63, 3.8) is 0 Å². The monoisotopic (exact) mass is 1620 g/mol. The summed E-state index contributed by atoms with van der Waals surface area (Å²) in [6.45, 7) is 60.7. The number of likely N-dealkylation sites (N-methyl/N-ethyl adjacent to an activating group) is 2. The lowest BCUT2D eigenvalue weighted by Crippen LogP contribution is -2.45. The SMILES string of the molecule is C=CCOc1cc([C@@H](CCC)NC(=O)[C@]2(C)CSC(/C(C)=N/O)=N2)oc(=O)c1.C=CCOc1cc([C@@H](CCC)NC(=O)[C@]2(C)CSC(C(C)=NC)=N2)oc(=O)c1.CC(C)CCCCN1CCOCC1.CC(C)CCCCN1CCOCC1.CC(C)CCCN1CCN(C)CC1.CC(C)CCCN1CCN(C)CC1.Cl.Cl. The smallest absolute Gasteiger partial charge is 0.339 e. The van der Waals surface area contributed by atoms with E-state index >= 15 is 0 Å². The van der Waals surface area contributed by atoms with Crippen LogP contribution in [0.25, 0.3) is 0 Å². The Kier molecular flexibility index (Phi) is 55.5. The number of thioether (sulfide) groups is 2. The van der Waals surface area contributed by atoms with Crippen molar-refractivity contribution in [3.05, 3.63) is 81.9 Å². The summed E-state index contributed by atoms with van der Waals surface area (Å²) >= 11 is 2.87. The maximum atomic E-state index is 13.0. The number of nitrogens with one attached hydrogen (secondary N) is 2. The summed E-state index contributed by atoms with van der Waals surface area (Å²) in [6, 6.07) is 4.83. The van der Waals surface area contributed by atoms with Gasteiger partial charge in [0.05, 0.1) is 56.4 Å². The van der Waals surface area contributed by atoms with Crippen molar-refractivity contribution in [2.75, 3.05) is 177 Å². The van der Waals surface area contributed by atoms with E-state index in [4.69, 9.17) is 33.0 Å². The standard InChI is InChI=1S/C20H27N3O4S.C19H25N3O5S.2C11H24N2.2C11H23NO.2ClH/c1-6-8-15(16-10-14(26-9-7-2)11-17(24)27-16)22-19(25)20(4)12-28-18(23-20)13(3)21-5;1-5-7-14(15-9-13(26-8-6-2)10-16(23)27-15)20-18(24)19(4)11-28-17(21-19)12(3)22-25;2*1-11(2)5-4-6-13-9-7-12(3)8-10-13;2*1-11(2)5-3-4-6-12-7-9-13-10-8-12;;/h7,10-11,15H,2,6,8-9,12H2,1,3-5H3,(H,22,25);6,9-10,14,25H,2,5,7-8,11H2,1,3-4H3,(H,20,24);2*11H,4-10H2,1-3H3;2*11H,3-10H2,1-2H3;2*1H/b;22-12+;;;;;;/t15-,20+;14-,19+;;;;;;/m11....../s1. The molecular weight excluding hydrogens is 1480 g/mol. The number of rotatable bonds is 36. The molecular formula is C83H148Cl2N12O11S2. The first kappa shape index (κ1) is 103. The molecule has 0 saturated carbocycles. The zero-order valence-corrected chi connectivity index (χ0v) is 74.1. The third-order valence-electron chi connectivity index (χ3n) is 19.4. The van der Waals surface area contributed by atoms with Crippen molar-refractivity contribution in [1.82, 2.24) is 40.0 Å². The van der Waals surface area contributed by atoms with Crippen LogP contribution in [0.1, 0.15) is 210 Å². The first-order valence-electron chi connectivity index (χ1n) is 40.5. The zero-order valence-electron chi connectivity index (χ0n) is 70.8. The van der Waals surface area contributed by atoms with Crippen molar-refractivity contribution in [1.29, 1.82) is 0 Å². The second-order valence-electron chi connectivity index (χ2n) is 31.4. The highest BCUT2D eigenvalue weighted by molar-refractivity contribution is 8.16. The molecule has 6 aliphatic heterocycles. The molecule has 110 heavy (non-hydrogen) atoms. The van der Waals surface area contributed by atoms with E-state index in [1.165, 1.54) is 178 Å². The average Bonchev–Trinajstić information content (AvgIpc) is 1.64. The number of morpholine rings is 2. The molecule has 0 bridgehead atoms. The van der Waals surface area contributed by atoms with Gasteiger partial charge in [-0.2, -0.15) is 0 Å². The molecule has 0 radical (unpaired) electrons. The third-order valence-corrected chi connectivity index (χ3v) is 22.1. The van der Waals surface area contributed by atoms with Crippen LogP contribution in [0.15, 0.2) is 88.1 Å². The van der Waals surface area contributed by atoms with Crippen LogP contribution in [-0.2, 0) is 19.1 Å². The summed E-state index contributed by atoms with van der Waals surface area (Å²) in [4.78, 5) is 77.9. The molecule has 2 aromatic heterocycles. The molecule has 8 rings (SSSR count). The number of oxime groups is 1. The Morgan fingerprint density at radius 1 is 0.536 bits per heavy atom. The Hall–Kier alpha value is -4.64. The van der Waals surface area contributed by atoms with Gasteiger partial charge in [0.15, 0.2) is 0 Å². The molecule has 6 aliphatic rings. The van der Waals surface area contributed by atoms with Crippen LogP contribution in [0.5, 0.6) is 11.5 Å². The number of nitrogens with zero attached hydrogens (tertiary/aromatic N) is 10. The first-order chi connectivity index (χ1) is 51.6. The largest absolute Gasteiger partial charge is 0.489 e. The number of aliphatic imine (C=N–C) groups is 3. The maximum absolute atomic E-state index is 13.0. The van der Waals surface area contributed by atoms with E-state index in [1.54, 1.807) is 52.1 Å². The highest BCUT2D eigenvalue weighted by Crippen LogP contribution is 2.33. The predicted octanol–water partition coefficient (Wildman–Crippen LogP) is 14.5. The predicted molar refractivity (Wildman–Crippen MR) is 466 cm³/mol. The number of ether oxygens (including phenoxy) is 4. The summed E-state index contributed by atoms with van der Waals surface area (Å²) in [5.74, 6) is 5.36. The molecule has 4 saturated heterocycles. The summed E-state index contributed by atoms with van der Waals surface area (Å²) < 4.78 is 32.2. The van der Waals surface area contributed by atoms with E-state index in [2.05, 4.69) is 143 Å². The number of hydrogen-bond donors (Lipinski definition) is 3. The van der Waals surface area contributed by atoms with Crippen LogP contribution < -0.4 is 31.4 Å². The van der Waals surface area contributed by atoms with Crippen molar-refractivity contribution in [2.24, 2.45) is 43.8 Å². The molecule has 4 atom stereocenters. The second kappa shape index (κ2) is 59.1. The van der Waals surface area contributed by atoms with Gasteiger partial charge in [0.2, 0.25) is 11.8 Å². The van der Waals surface area contributed by atoms with Gasteiger partial charge in [-0.05, 0) is 143 Å². The Morgan fingerprint density at radius 2 is 0.864 bits per heavy atom. The fraction of sp³-hybridized carbons (Fsp3) is 0.759. The van der Waals surface area contributed by atoms with Gasteiger partial charge in [-0.15, -0.1) is 48.3 Å². The number of hydrogen-bond acceptors (Lipinski definition) is 23. The molecule has 3 N–H and O–H groups in total. The van der Waals surface area contributed by atoms with Gasteiger partial charge in [-0.1, -0.05) is 138 Å². The second-order valence-corrected chi connectivity index (χ2v) is 33.3. The van der Waals surface area contributed by atoms with E-state index in [9.17, 15) is 19.2 Å². The number of halogens is 2. The van der Waals surface area contributed by atoms with Crippen LogP contribution in [0, 0.1) is 23.7 Å². The van der Waals surface area contributed by atoms with E-state index in [0.717, 1.165) is 99.9 Å². The van der Waals surface area contributed by atoms with Crippen LogP contribution in [0.4, 0.5) is 0 Å². The van der Waals surface area contributed by atoms with Crippen molar-refractivity contribution >= 4 is 81.7 Å². The summed E-state index contributed by atoms with van der Waals surface area (Å²) in [6.07, 6.45) is 19.7. The summed E-state index contributed by atoms with van der Waals surface area (Å²) in [5.41, 5.74) is -1.80. The number of carbonyl (C=O) groups is 2. The average molecular weight is 1630 g/mol. The van der Waals surface area contributed by atoms with Gasteiger partial charge in [0.25, 0.3) is 0 Å². The number of amides is 2. The minimum Gasteiger partial charge on any atom is -0.489 e. The van der Waals surface area contributed by atoms with Gasteiger partial charge >= 0.3 is 11.3 Å². The van der Waals surface area contributed by atoms with Crippen molar-refractivity contribution < 1.29 is 42.6 Å². The van der Waals surface area contributed by atoms with Crippen LogP contribution in [0.3, 0.4) is 0 Å². The maximum Gasteiger partial charge on any atom is 0.339 e. The molecule has 8 heterocycles. The number of piperazine rings is 2. The van der Waals surface area contributed by atoms with Gasteiger partial charge in [-0.25, -0.2) is 9.59 Å². The number of carbonyl (C=O) groups excluding carboxylic acids is 2. The van der Waals surface area contributed by atoms with E-state index in [-0.39, 0.29) is 49.8 Å². The van der Waals surface area contributed by atoms with Crippen LogP contribution >= 0.6 is 48.3 Å². The summed E-state index contributed by atoms with van der Waals surface area (Å²) in [5, 5.41) is 19.3. The van der Waals surface area contributed by atoms with Crippen molar-refractivity contribution in [2.45, 2.75) is 210 Å². The fourth-order valence-corrected chi connectivity index (χ4v) is 14.6. The molecule has 0 unspecified atom stereocenters. The minimum absolute atomic E-state index is 0. The summed E-state index contributed by atoms with van der Waals surface area (Å²) in [7, 11) is 6.13. The Balaban J connectivity index is 0.000000684. The lowest BCUT2D eigenvalue weighted by Gasteiger charge is -2.32. The Labute approximate surface area is 684 Å². The van der Waals surface area contributed by atoms with Crippen LogP contribution in [0.2, 0.25) is 0 Å². The molecule has 0 spiro atoms. The fourth-order valence-electron chi connectivity index (χ4n) is 12.3. The molecule has 0 aliphatic carbocycles. The molecule has 27 heteroatoms. The molecule has 4 fully saturated rings. The first-order valence-corrected chi connectivity index (χ1v) is 42.5. The topological polar surface area (TPSA) is 245 Å². The van der Waals surface area contributed by atoms with Gasteiger partial charge in [0, 0.05) is 109 Å². The van der Waals surface area contributed by atoms with Gasteiger partial charge in [-0.3, -0.25) is 34.4 Å². The molecule has 2 aromatic rings. The van der Waals surface area contributed by atoms with Crippen molar-refractivity contribution in [3.8, 4) is 11.5 Å². The Bertz CT molecular complexity index is 2890. The van der Waals surface area contributed by atoms with E-state index in [1.807, 2.05) is 20.8 Å². The highest BCUT2D eigenvalue weighted by Gasteiger charge is 2.41. The lowest BCUT2D eigenvalue weighted by molar-refractivity contribution is -0.126. The van der Waals surface area contributed by atoms with E-state index in [0.29, 0.717) is 58.1 Å². The zero-order chi connectivity index (χ0) is 79.9. The molecule has 632 valence electrons. The van der Waals surface area contributed by atoms with Crippen LogP contribution in [-0.4, -0.2) is 256 Å². The van der Waals surface area contributed by atoms with E-state index < -0.39 is 34.4 Å². The van der Waals surface area contributed by atoms with Gasteiger partial charge in [0.1, 0.15) is 63.1 Å². The Morgan fingerprint density at radius 3 is 1.18 bits per heavy atom. The lowest BCUT2D eigenvalue weighted by atomic mass is 10.0.